The second-order valence-electron chi connectivity index (χ2n) is 14.6. The third kappa shape index (κ3) is 9.52. The third-order valence-corrected chi connectivity index (χ3v) is 10.7. The Morgan fingerprint density at radius 2 is 1.51 bits per heavy atom. The molecular formula is C56H61N3. The smallest absolute Gasteiger partial charge is 0.0622 e. The molecule has 59 heavy (non-hydrogen) atoms. The highest BCUT2D eigenvalue weighted by molar-refractivity contribution is 6.25. The minimum atomic E-state index is -0.253. The van der Waals surface area contributed by atoms with Gasteiger partial charge in [-0.3, -0.25) is 0 Å². The van der Waals surface area contributed by atoms with Crippen LogP contribution in [0.3, 0.4) is 0 Å². The van der Waals surface area contributed by atoms with Crippen LogP contribution in [0.25, 0.3) is 61.7 Å². The molecule has 3 nitrogen and oxygen atoms in total. The van der Waals surface area contributed by atoms with Gasteiger partial charge in [0.25, 0.3) is 0 Å². The summed E-state index contributed by atoms with van der Waals surface area (Å²) in [5.74, 6) is 2.69. The Balaban J connectivity index is 0.000000373. The number of nitrogens with two attached hydrogens (primary N) is 2. The Kier molecular flexibility index (Phi) is 15.5. The molecule has 2 aliphatic rings. The fourth-order valence-electron chi connectivity index (χ4n) is 8.06. The Labute approximate surface area is 353 Å². The van der Waals surface area contributed by atoms with Crippen LogP contribution in [-0.4, -0.2) is 10.6 Å². The minimum absolute atomic E-state index is 0.253. The summed E-state index contributed by atoms with van der Waals surface area (Å²) >= 11 is 0. The molecule has 0 fully saturated rings. The molecule has 5 aromatic carbocycles. The van der Waals surface area contributed by atoms with Gasteiger partial charge in [-0.2, -0.15) is 0 Å². The molecule has 1 heterocycles. The van der Waals surface area contributed by atoms with E-state index in [-0.39, 0.29) is 6.04 Å². The van der Waals surface area contributed by atoms with Gasteiger partial charge in [-0.15, -0.1) is 6.42 Å². The Bertz CT molecular complexity index is 2660. The molecule has 300 valence electrons. The lowest BCUT2D eigenvalue weighted by molar-refractivity contribution is 0.825. The average molecular weight is 776 g/mol. The van der Waals surface area contributed by atoms with Crippen LogP contribution in [0.2, 0.25) is 0 Å². The van der Waals surface area contributed by atoms with Crippen LogP contribution in [0.15, 0.2) is 151 Å². The van der Waals surface area contributed by atoms with Gasteiger partial charge in [0.15, 0.2) is 0 Å². The topological polar surface area (TPSA) is 57.0 Å². The van der Waals surface area contributed by atoms with E-state index < -0.39 is 0 Å². The van der Waals surface area contributed by atoms with Gasteiger partial charge in [-0.05, 0) is 121 Å². The van der Waals surface area contributed by atoms with Crippen molar-refractivity contribution in [1.82, 2.24) is 4.57 Å². The van der Waals surface area contributed by atoms with Crippen LogP contribution in [0.5, 0.6) is 0 Å². The van der Waals surface area contributed by atoms with E-state index in [4.69, 9.17) is 17.9 Å². The zero-order chi connectivity index (χ0) is 42.5. The van der Waals surface area contributed by atoms with Crippen molar-refractivity contribution in [3.63, 3.8) is 0 Å². The quantitative estimate of drug-likeness (QED) is 0.125. The molecule has 0 bridgehead atoms. The molecule has 0 saturated heterocycles. The Morgan fingerprint density at radius 3 is 2.17 bits per heavy atom. The van der Waals surface area contributed by atoms with Gasteiger partial charge in [-0.25, -0.2) is 0 Å². The number of benzene rings is 5. The first-order valence-corrected chi connectivity index (χ1v) is 21.2. The highest BCUT2D eigenvalue weighted by Crippen LogP contribution is 2.45. The molecule has 0 radical (unpaired) electrons. The van der Waals surface area contributed by atoms with Crippen molar-refractivity contribution in [3.8, 4) is 12.3 Å². The molecule has 3 heteroatoms. The standard InChI is InChI=1S/C41H37N3.C11H12.2C2H6/c1-5-7-17-32(27(3)4)39-31(6-2)33-18-11-12-19-34(33)41-40(39)35-20-13-14-21-38(35)44(41)30-24-22-29(23-25-30)37(43)26-36(42)28-15-9-8-10-16-28;1-9-6-7-10-4-2-3-5-11(10)8-9;2*1-2/h1,6-22,24,26,37H,2,23,25,42-43H2,3-4H3;2,4,6-8H,3,5H2,1H3;2*1-2H3/b17-7-,36-26-;;;. The van der Waals surface area contributed by atoms with Crippen LogP contribution in [-0.2, 0) is 6.42 Å². The number of terminal acetylenes is 1. The lowest BCUT2D eigenvalue weighted by Gasteiger charge is -2.22. The van der Waals surface area contributed by atoms with Crippen molar-refractivity contribution in [2.75, 3.05) is 0 Å². The van der Waals surface area contributed by atoms with Gasteiger partial charge in [0.05, 0.1) is 11.0 Å². The largest absolute Gasteiger partial charge is 0.398 e. The van der Waals surface area contributed by atoms with Gasteiger partial charge >= 0.3 is 0 Å². The molecule has 1 atom stereocenters. The molecule has 0 amide bonds. The van der Waals surface area contributed by atoms with E-state index >= 15 is 0 Å². The number of nitrogens with zero attached hydrogens (tertiary/aromatic N) is 1. The SMILES string of the molecule is C#C/C=C\C(=C(C)C)c1c(C=C)c2ccccc2c2c1c1ccccc1n2C1=CC=C(C(N)/C=C(\N)c2ccccc2)CC1.CC.CC.Cc1ccc2c(c1)CCC=C2. The van der Waals surface area contributed by atoms with Crippen LogP contribution in [0.4, 0.5) is 0 Å². The molecule has 8 rings (SSSR count). The summed E-state index contributed by atoms with van der Waals surface area (Å²) in [4.78, 5) is 0. The molecule has 6 aromatic rings. The summed E-state index contributed by atoms with van der Waals surface area (Å²) < 4.78 is 2.45. The van der Waals surface area contributed by atoms with Gasteiger partial charge in [0.1, 0.15) is 0 Å². The summed E-state index contributed by atoms with van der Waals surface area (Å²) in [6.07, 6.45) is 26.5. The second-order valence-corrected chi connectivity index (χ2v) is 14.6. The van der Waals surface area contributed by atoms with Crippen molar-refractivity contribution >= 4 is 61.7 Å². The van der Waals surface area contributed by atoms with Crippen molar-refractivity contribution < 1.29 is 0 Å². The predicted octanol–water partition coefficient (Wildman–Crippen LogP) is 14.5. The van der Waals surface area contributed by atoms with Gasteiger partial charge < -0.3 is 16.0 Å². The lowest BCUT2D eigenvalue weighted by atomic mass is 9.87. The zero-order valence-corrected chi connectivity index (χ0v) is 36.1. The molecule has 0 spiro atoms. The van der Waals surface area contributed by atoms with Crippen molar-refractivity contribution in [2.24, 2.45) is 11.5 Å². The summed E-state index contributed by atoms with van der Waals surface area (Å²) in [5.41, 5.74) is 28.4. The van der Waals surface area contributed by atoms with E-state index in [9.17, 15) is 0 Å². The molecule has 1 unspecified atom stereocenters. The van der Waals surface area contributed by atoms with E-state index in [1.54, 1.807) is 6.08 Å². The highest BCUT2D eigenvalue weighted by Gasteiger charge is 2.24. The van der Waals surface area contributed by atoms with E-state index in [0.29, 0.717) is 5.70 Å². The second kappa shape index (κ2) is 20.9. The summed E-state index contributed by atoms with van der Waals surface area (Å²) in [6.45, 7) is 18.7. The molecule has 0 aliphatic heterocycles. The normalized spacial score (nSPS) is 13.7. The van der Waals surface area contributed by atoms with Gasteiger partial charge in [0.2, 0.25) is 0 Å². The number of aromatic nitrogens is 1. The Hall–Kier alpha value is -6.34. The fraction of sp³-hybridized carbons (Fsp3) is 0.214. The number of aryl methyl sites for hydroxylation is 2. The number of rotatable bonds is 7. The summed E-state index contributed by atoms with van der Waals surface area (Å²) in [7, 11) is 0. The maximum atomic E-state index is 6.66. The summed E-state index contributed by atoms with van der Waals surface area (Å²) in [5, 5.41) is 4.76. The first-order chi connectivity index (χ1) is 28.8. The highest BCUT2D eigenvalue weighted by atomic mass is 15.0. The minimum Gasteiger partial charge on any atom is -0.398 e. The first kappa shape index (κ1) is 43.8. The third-order valence-electron chi connectivity index (χ3n) is 10.7. The van der Waals surface area contributed by atoms with Crippen molar-refractivity contribution in [2.45, 2.75) is 80.2 Å². The molecule has 1 aromatic heterocycles. The van der Waals surface area contributed by atoms with E-state index in [2.05, 4.69) is 135 Å². The predicted molar refractivity (Wildman–Crippen MR) is 263 cm³/mol. The zero-order valence-electron chi connectivity index (χ0n) is 36.1. The number of fused-ring (bicyclic) bond motifs is 6. The maximum Gasteiger partial charge on any atom is 0.0622 e. The van der Waals surface area contributed by atoms with Gasteiger partial charge in [-0.1, -0.05) is 167 Å². The Morgan fingerprint density at radius 1 is 0.831 bits per heavy atom. The van der Waals surface area contributed by atoms with Gasteiger partial charge in [0, 0.05) is 33.6 Å². The van der Waals surface area contributed by atoms with Crippen LogP contribution < -0.4 is 11.5 Å². The molecule has 0 saturated carbocycles. The average Bonchev–Trinajstić information content (AvgIpc) is 3.63. The number of hydrogen-bond donors (Lipinski definition) is 2. The monoisotopic (exact) mass is 775 g/mol. The van der Waals surface area contributed by atoms with E-state index in [0.717, 1.165) is 40.5 Å². The molecular weight excluding hydrogens is 715 g/mol. The van der Waals surface area contributed by atoms with Crippen LogP contribution >= 0.6 is 0 Å². The van der Waals surface area contributed by atoms with Crippen molar-refractivity contribution in [1.29, 1.82) is 0 Å². The number of para-hydroxylation sites is 1. The number of hydrogen-bond acceptors (Lipinski definition) is 2. The first-order valence-electron chi connectivity index (χ1n) is 21.2. The number of allylic oxidation sites excluding steroid dienone is 8. The van der Waals surface area contributed by atoms with Crippen molar-refractivity contribution in [3.05, 3.63) is 185 Å². The fourth-order valence-corrected chi connectivity index (χ4v) is 8.06. The van der Waals surface area contributed by atoms with E-state index in [1.807, 2.05) is 70.2 Å². The summed E-state index contributed by atoms with van der Waals surface area (Å²) in [6, 6.07) is 33.7. The molecule has 4 N–H and O–H groups in total. The van der Waals surface area contributed by atoms with Crippen LogP contribution in [0, 0.1) is 19.3 Å². The van der Waals surface area contributed by atoms with E-state index in [1.165, 1.54) is 73.6 Å². The maximum absolute atomic E-state index is 6.66. The van der Waals surface area contributed by atoms with Crippen LogP contribution in [0.1, 0.15) is 94.2 Å². The molecule has 2 aliphatic carbocycles. The lowest BCUT2D eigenvalue weighted by Crippen LogP contribution is -2.22.